The molecule has 4 rings (SSSR count). The van der Waals surface area contributed by atoms with Crippen molar-refractivity contribution in [2.24, 2.45) is 0 Å². The topological polar surface area (TPSA) is 82.5 Å². The van der Waals surface area contributed by atoms with Crippen LogP contribution in [0.3, 0.4) is 0 Å². The predicted octanol–water partition coefficient (Wildman–Crippen LogP) is 4.53. The van der Waals surface area contributed by atoms with Crippen molar-refractivity contribution < 1.29 is 8.91 Å². The minimum atomic E-state index is -0.294. The largest absolute Gasteiger partial charge is 0.338 e. The Morgan fingerprint density at radius 2 is 2.04 bits per heavy atom. The molecule has 0 saturated heterocycles. The molecule has 0 amide bonds. The van der Waals surface area contributed by atoms with Crippen molar-refractivity contribution in [1.29, 1.82) is 0 Å². The standard InChI is InChI=1S/C19H19FN6OS/c1-3-4-5-16-24-18(27-25-16)12(2)28-19-15-10-23-26(17(15)21-11-22-19)14-8-6-13(20)7-9-14/h6-12H,3-5H2,1-2H3/t12-/m1/s1. The van der Waals surface area contributed by atoms with Gasteiger partial charge in [0.15, 0.2) is 11.5 Å². The minimum absolute atomic E-state index is 0.0600. The smallest absolute Gasteiger partial charge is 0.239 e. The number of hydrogen-bond acceptors (Lipinski definition) is 7. The van der Waals surface area contributed by atoms with Crippen LogP contribution in [0.4, 0.5) is 4.39 Å². The number of aryl methyl sites for hydroxylation is 1. The predicted molar refractivity (Wildman–Crippen MR) is 104 cm³/mol. The van der Waals surface area contributed by atoms with E-state index in [-0.39, 0.29) is 11.1 Å². The Morgan fingerprint density at radius 3 is 2.82 bits per heavy atom. The van der Waals surface area contributed by atoms with Crippen LogP contribution in [0.15, 0.2) is 46.3 Å². The van der Waals surface area contributed by atoms with E-state index in [1.165, 1.54) is 30.2 Å². The molecule has 7 nitrogen and oxygen atoms in total. The lowest BCUT2D eigenvalue weighted by Crippen LogP contribution is -1.98. The second kappa shape index (κ2) is 8.05. The summed E-state index contributed by atoms with van der Waals surface area (Å²) in [5.74, 6) is 1.02. The van der Waals surface area contributed by atoms with Crippen LogP contribution in [0, 0.1) is 5.82 Å². The number of rotatable bonds is 7. The lowest BCUT2D eigenvalue weighted by atomic mass is 10.2. The van der Waals surface area contributed by atoms with E-state index in [9.17, 15) is 4.39 Å². The lowest BCUT2D eigenvalue weighted by Gasteiger charge is -2.07. The normalized spacial score (nSPS) is 12.5. The zero-order valence-electron chi connectivity index (χ0n) is 15.5. The van der Waals surface area contributed by atoms with Crippen LogP contribution in [0.2, 0.25) is 0 Å². The molecule has 0 bridgehead atoms. The number of benzene rings is 1. The molecule has 4 aromatic rings. The molecule has 0 aliphatic rings. The number of fused-ring (bicyclic) bond motifs is 1. The van der Waals surface area contributed by atoms with Crippen molar-refractivity contribution in [3.63, 3.8) is 0 Å². The molecule has 3 aromatic heterocycles. The molecule has 0 unspecified atom stereocenters. The summed E-state index contributed by atoms with van der Waals surface area (Å²) in [6.45, 7) is 4.13. The summed E-state index contributed by atoms with van der Waals surface area (Å²) in [6.07, 6.45) is 6.16. The zero-order chi connectivity index (χ0) is 19.5. The van der Waals surface area contributed by atoms with Gasteiger partial charge < -0.3 is 4.52 Å². The van der Waals surface area contributed by atoms with Gasteiger partial charge in [0.2, 0.25) is 5.89 Å². The minimum Gasteiger partial charge on any atom is -0.338 e. The first-order valence-corrected chi connectivity index (χ1v) is 9.97. The van der Waals surface area contributed by atoms with Crippen LogP contribution in [0.5, 0.6) is 0 Å². The number of thioether (sulfide) groups is 1. The summed E-state index contributed by atoms with van der Waals surface area (Å²) < 4.78 is 20.3. The monoisotopic (exact) mass is 398 g/mol. The van der Waals surface area contributed by atoms with Gasteiger partial charge in [-0.15, -0.1) is 0 Å². The van der Waals surface area contributed by atoms with Gasteiger partial charge in [-0.05, 0) is 37.6 Å². The highest BCUT2D eigenvalue weighted by atomic mass is 32.2. The number of nitrogens with zero attached hydrogens (tertiary/aromatic N) is 6. The molecule has 144 valence electrons. The Hall–Kier alpha value is -2.81. The van der Waals surface area contributed by atoms with E-state index in [1.54, 1.807) is 23.0 Å². The molecule has 0 saturated carbocycles. The van der Waals surface area contributed by atoms with E-state index in [0.29, 0.717) is 11.5 Å². The molecule has 1 aromatic carbocycles. The highest BCUT2D eigenvalue weighted by molar-refractivity contribution is 7.99. The van der Waals surface area contributed by atoms with Crippen LogP contribution in [0.1, 0.15) is 43.7 Å². The Labute approximate surface area is 165 Å². The number of aromatic nitrogens is 6. The maximum atomic E-state index is 13.2. The molecule has 1 atom stereocenters. The third kappa shape index (κ3) is 3.75. The molecule has 0 spiro atoms. The van der Waals surface area contributed by atoms with Crippen molar-refractivity contribution in [3.8, 4) is 5.69 Å². The van der Waals surface area contributed by atoms with Gasteiger partial charge in [0.1, 0.15) is 17.2 Å². The second-order valence-corrected chi connectivity index (χ2v) is 7.69. The molecule has 3 heterocycles. The number of unbranched alkanes of at least 4 members (excludes halogenated alkanes) is 1. The molecular weight excluding hydrogens is 379 g/mol. The number of halogens is 1. The van der Waals surface area contributed by atoms with Crippen molar-refractivity contribution in [3.05, 3.63) is 54.3 Å². The van der Waals surface area contributed by atoms with E-state index in [4.69, 9.17) is 4.52 Å². The molecule has 9 heteroatoms. The second-order valence-electron chi connectivity index (χ2n) is 6.36. The van der Waals surface area contributed by atoms with Gasteiger partial charge in [0.25, 0.3) is 0 Å². The third-order valence-corrected chi connectivity index (χ3v) is 5.38. The van der Waals surface area contributed by atoms with Crippen molar-refractivity contribution in [2.45, 2.75) is 43.4 Å². The first-order chi connectivity index (χ1) is 13.7. The number of hydrogen-bond donors (Lipinski definition) is 0. The van der Waals surface area contributed by atoms with Gasteiger partial charge >= 0.3 is 0 Å². The molecule has 0 aliphatic heterocycles. The van der Waals surface area contributed by atoms with Crippen molar-refractivity contribution in [2.75, 3.05) is 0 Å². The van der Waals surface area contributed by atoms with Crippen LogP contribution < -0.4 is 0 Å². The first-order valence-electron chi connectivity index (χ1n) is 9.09. The highest BCUT2D eigenvalue weighted by Gasteiger charge is 2.19. The van der Waals surface area contributed by atoms with Crippen molar-refractivity contribution >= 4 is 22.8 Å². The van der Waals surface area contributed by atoms with Gasteiger partial charge in [-0.3, -0.25) is 0 Å². The fourth-order valence-corrected chi connectivity index (χ4v) is 3.69. The molecule has 0 aliphatic carbocycles. The van der Waals surface area contributed by atoms with Gasteiger partial charge in [-0.1, -0.05) is 30.3 Å². The van der Waals surface area contributed by atoms with Crippen molar-refractivity contribution in [1.82, 2.24) is 29.9 Å². The third-order valence-electron chi connectivity index (χ3n) is 4.27. The zero-order valence-corrected chi connectivity index (χ0v) is 16.4. The summed E-state index contributed by atoms with van der Waals surface area (Å²) in [7, 11) is 0. The lowest BCUT2D eigenvalue weighted by molar-refractivity contribution is 0.374. The highest BCUT2D eigenvalue weighted by Crippen LogP contribution is 2.36. The van der Waals surface area contributed by atoms with E-state index in [0.717, 1.165) is 41.2 Å². The van der Waals surface area contributed by atoms with E-state index >= 15 is 0 Å². The molecule has 28 heavy (non-hydrogen) atoms. The maximum absolute atomic E-state index is 13.2. The summed E-state index contributed by atoms with van der Waals surface area (Å²) >= 11 is 1.51. The van der Waals surface area contributed by atoms with E-state index < -0.39 is 0 Å². The summed E-state index contributed by atoms with van der Waals surface area (Å²) in [5.41, 5.74) is 1.39. The van der Waals surface area contributed by atoms with Gasteiger partial charge in [-0.25, -0.2) is 19.0 Å². The van der Waals surface area contributed by atoms with Crippen LogP contribution >= 0.6 is 11.8 Å². The van der Waals surface area contributed by atoms with Gasteiger partial charge in [0, 0.05) is 6.42 Å². The fourth-order valence-electron chi connectivity index (χ4n) is 2.77. The quantitative estimate of drug-likeness (QED) is 0.334. The Bertz CT molecular complexity index is 1080. The van der Waals surface area contributed by atoms with Gasteiger partial charge in [0.05, 0.1) is 22.5 Å². The molecule has 0 radical (unpaired) electrons. The maximum Gasteiger partial charge on any atom is 0.239 e. The summed E-state index contributed by atoms with van der Waals surface area (Å²) in [6, 6.07) is 6.12. The summed E-state index contributed by atoms with van der Waals surface area (Å²) in [5, 5.41) is 9.98. The van der Waals surface area contributed by atoms with E-state index in [2.05, 4.69) is 32.1 Å². The fraction of sp³-hybridized carbons (Fsp3) is 0.316. The Morgan fingerprint density at radius 1 is 1.21 bits per heavy atom. The van der Waals surface area contributed by atoms with Crippen LogP contribution in [0.25, 0.3) is 16.7 Å². The summed E-state index contributed by atoms with van der Waals surface area (Å²) in [4.78, 5) is 13.2. The molecule has 0 N–H and O–H groups in total. The first kappa shape index (κ1) is 18.5. The average molecular weight is 398 g/mol. The van der Waals surface area contributed by atoms with Gasteiger partial charge in [-0.2, -0.15) is 10.1 Å². The molecule has 0 fully saturated rings. The molecular formula is C19H19FN6OS. The van der Waals surface area contributed by atoms with Crippen LogP contribution in [-0.2, 0) is 6.42 Å². The average Bonchev–Trinajstić information content (AvgIpc) is 3.35. The van der Waals surface area contributed by atoms with E-state index in [1.807, 2.05) is 6.92 Å². The Balaban J connectivity index is 1.59. The SMILES string of the molecule is CCCCc1noc([C@@H](C)Sc2ncnc3c2cnn3-c2ccc(F)cc2)n1. The Kier molecular flexibility index (Phi) is 5.34. The van der Waals surface area contributed by atoms with Crippen LogP contribution in [-0.4, -0.2) is 29.9 Å².